The van der Waals surface area contributed by atoms with Gasteiger partial charge in [-0.3, -0.25) is 4.79 Å². The molecule has 0 heterocycles. The fraction of sp³-hybridized carbons (Fsp3) is 0.462. The summed E-state index contributed by atoms with van der Waals surface area (Å²) in [5.41, 5.74) is -0.151. The average Bonchev–Trinajstić information content (AvgIpc) is 2.18. The molecular weight excluding hydrogens is 254 g/mol. The lowest BCUT2D eigenvalue weighted by molar-refractivity contribution is -0.122. The highest BCUT2D eigenvalue weighted by Gasteiger charge is 2.12. The van der Waals surface area contributed by atoms with E-state index in [4.69, 9.17) is 11.6 Å². The minimum Gasteiger partial charge on any atom is -0.351 e. The van der Waals surface area contributed by atoms with Crippen molar-refractivity contribution in [3.05, 3.63) is 29.3 Å². The summed E-state index contributed by atoms with van der Waals surface area (Å²) in [6.45, 7) is 5.95. The first kappa shape index (κ1) is 14.4. The van der Waals surface area contributed by atoms with Crippen molar-refractivity contribution in [3.63, 3.8) is 0 Å². The summed E-state index contributed by atoms with van der Waals surface area (Å²) in [5.74, 6) is 0.878. The van der Waals surface area contributed by atoms with E-state index in [1.807, 2.05) is 45.0 Å². The molecule has 0 aliphatic rings. The number of carbonyl (C=O) groups is 1. The van der Waals surface area contributed by atoms with Gasteiger partial charge in [-0.15, -0.1) is 11.8 Å². The zero-order valence-corrected chi connectivity index (χ0v) is 12.0. The van der Waals surface area contributed by atoms with Crippen LogP contribution in [0.3, 0.4) is 0 Å². The Labute approximate surface area is 112 Å². The molecule has 1 amide bonds. The summed E-state index contributed by atoms with van der Waals surface area (Å²) >= 11 is 7.46. The van der Waals surface area contributed by atoms with Crippen LogP contribution in [0.5, 0.6) is 0 Å². The van der Waals surface area contributed by atoms with Gasteiger partial charge in [-0.25, -0.2) is 0 Å². The molecule has 0 fully saturated rings. The zero-order valence-electron chi connectivity index (χ0n) is 10.4. The Balaban J connectivity index is 2.28. The Morgan fingerprint density at radius 3 is 2.41 bits per heavy atom. The Kier molecular flexibility index (Phi) is 5.34. The van der Waals surface area contributed by atoms with Gasteiger partial charge in [-0.2, -0.15) is 0 Å². The van der Waals surface area contributed by atoms with E-state index < -0.39 is 0 Å². The van der Waals surface area contributed by atoms with Crippen LogP contribution >= 0.6 is 23.4 Å². The highest BCUT2D eigenvalue weighted by molar-refractivity contribution is 7.99. The van der Waals surface area contributed by atoms with Crippen LogP contribution in [0.4, 0.5) is 0 Å². The molecule has 0 unspecified atom stereocenters. The van der Waals surface area contributed by atoms with Crippen molar-refractivity contribution in [3.8, 4) is 0 Å². The lowest BCUT2D eigenvalue weighted by atomic mass is 10.1. The van der Waals surface area contributed by atoms with E-state index in [1.165, 1.54) is 0 Å². The number of halogens is 1. The third kappa shape index (κ3) is 6.59. The van der Waals surface area contributed by atoms with E-state index in [0.29, 0.717) is 6.42 Å². The lowest BCUT2D eigenvalue weighted by Crippen LogP contribution is -2.40. The van der Waals surface area contributed by atoms with E-state index >= 15 is 0 Å². The topological polar surface area (TPSA) is 29.1 Å². The van der Waals surface area contributed by atoms with Crippen LogP contribution in [-0.4, -0.2) is 17.2 Å². The predicted octanol–water partition coefficient (Wildman–Crippen LogP) is 3.74. The predicted molar refractivity (Wildman–Crippen MR) is 74.7 cm³/mol. The van der Waals surface area contributed by atoms with E-state index in [2.05, 4.69) is 5.32 Å². The van der Waals surface area contributed by atoms with E-state index in [9.17, 15) is 4.79 Å². The average molecular weight is 272 g/mol. The number of rotatable bonds is 4. The normalized spacial score (nSPS) is 11.3. The Morgan fingerprint density at radius 2 is 1.88 bits per heavy atom. The number of benzene rings is 1. The number of hydrogen-bond donors (Lipinski definition) is 1. The van der Waals surface area contributed by atoms with Gasteiger partial charge in [0.1, 0.15) is 0 Å². The largest absolute Gasteiger partial charge is 0.351 e. The first-order valence-corrected chi connectivity index (χ1v) is 6.92. The monoisotopic (exact) mass is 271 g/mol. The standard InChI is InChI=1S/C13H18ClNOS/c1-13(2,3)15-12(16)8-9-17-11-6-4-10(14)5-7-11/h4-7H,8-9H2,1-3H3,(H,15,16). The molecule has 0 aliphatic carbocycles. The van der Waals surface area contributed by atoms with Crippen molar-refractivity contribution in [1.29, 1.82) is 0 Å². The number of nitrogens with one attached hydrogen (secondary N) is 1. The van der Waals surface area contributed by atoms with Gasteiger partial charge in [-0.1, -0.05) is 11.6 Å². The van der Waals surface area contributed by atoms with Crippen LogP contribution in [0.2, 0.25) is 5.02 Å². The summed E-state index contributed by atoms with van der Waals surface area (Å²) in [5, 5.41) is 3.68. The molecule has 0 saturated heterocycles. The second kappa shape index (κ2) is 6.31. The molecule has 0 bridgehead atoms. The molecular formula is C13H18ClNOS. The van der Waals surface area contributed by atoms with Gasteiger partial charge in [0.15, 0.2) is 0 Å². The van der Waals surface area contributed by atoms with Gasteiger partial charge in [0.25, 0.3) is 0 Å². The van der Waals surface area contributed by atoms with Crippen LogP contribution in [-0.2, 0) is 4.79 Å². The molecule has 2 nitrogen and oxygen atoms in total. The smallest absolute Gasteiger partial charge is 0.221 e. The second-order valence-corrected chi connectivity index (χ2v) is 6.46. The highest BCUT2D eigenvalue weighted by Crippen LogP contribution is 2.20. The third-order valence-electron chi connectivity index (χ3n) is 1.93. The summed E-state index contributed by atoms with van der Waals surface area (Å²) in [6.07, 6.45) is 0.532. The molecule has 0 radical (unpaired) electrons. The first-order valence-electron chi connectivity index (χ1n) is 5.56. The molecule has 0 aliphatic heterocycles. The van der Waals surface area contributed by atoms with Gasteiger partial charge >= 0.3 is 0 Å². The number of amides is 1. The van der Waals surface area contributed by atoms with Crippen molar-refractivity contribution >= 4 is 29.3 Å². The quantitative estimate of drug-likeness (QED) is 0.846. The number of thioether (sulfide) groups is 1. The molecule has 1 aromatic rings. The van der Waals surface area contributed by atoms with Crippen molar-refractivity contribution in [2.75, 3.05) is 5.75 Å². The van der Waals surface area contributed by atoms with E-state index in [1.54, 1.807) is 11.8 Å². The fourth-order valence-electron chi connectivity index (χ4n) is 1.27. The van der Waals surface area contributed by atoms with Gasteiger partial charge < -0.3 is 5.32 Å². The van der Waals surface area contributed by atoms with Crippen molar-refractivity contribution in [1.82, 2.24) is 5.32 Å². The van der Waals surface area contributed by atoms with Crippen molar-refractivity contribution in [2.24, 2.45) is 0 Å². The third-order valence-corrected chi connectivity index (χ3v) is 3.19. The second-order valence-electron chi connectivity index (χ2n) is 4.85. The maximum absolute atomic E-state index is 11.6. The molecule has 94 valence electrons. The molecule has 4 heteroatoms. The summed E-state index contributed by atoms with van der Waals surface area (Å²) in [6, 6.07) is 7.65. The zero-order chi connectivity index (χ0) is 12.9. The fourth-order valence-corrected chi connectivity index (χ4v) is 2.25. The van der Waals surface area contributed by atoms with Crippen LogP contribution in [0.1, 0.15) is 27.2 Å². The molecule has 0 saturated carbocycles. The van der Waals surface area contributed by atoms with Crippen molar-refractivity contribution in [2.45, 2.75) is 37.6 Å². The molecule has 1 N–H and O–H groups in total. The number of hydrogen-bond acceptors (Lipinski definition) is 2. The van der Waals surface area contributed by atoms with Crippen LogP contribution < -0.4 is 5.32 Å². The minimum absolute atomic E-state index is 0.0963. The first-order chi connectivity index (χ1) is 7.87. The van der Waals surface area contributed by atoms with E-state index in [0.717, 1.165) is 15.7 Å². The summed E-state index contributed by atoms with van der Waals surface area (Å²) in [4.78, 5) is 12.7. The van der Waals surface area contributed by atoms with Gasteiger partial charge in [0.05, 0.1) is 0 Å². The Hall–Kier alpha value is -0.670. The maximum atomic E-state index is 11.6. The summed E-state index contributed by atoms with van der Waals surface area (Å²) in [7, 11) is 0. The van der Waals surface area contributed by atoms with Crippen LogP contribution in [0.25, 0.3) is 0 Å². The van der Waals surface area contributed by atoms with Gasteiger partial charge in [0, 0.05) is 27.6 Å². The Bertz CT molecular complexity index is 370. The van der Waals surface area contributed by atoms with Gasteiger partial charge in [-0.05, 0) is 45.0 Å². The molecule has 1 rings (SSSR count). The molecule has 17 heavy (non-hydrogen) atoms. The number of carbonyl (C=O) groups excluding carboxylic acids is 1. The lowest BCUT2D eigenvalue weighted by Gasteiger charge is -2.20. The molecule has 1 aromatic carbocycles. The SMILES string of the molecule is CC(C)(C)NC(=O)CCSc1ccc(Cl)cc1. The van der Waals surface area contributed by atoms with Crippen LogP contribution in [0, 0.1) is 0 Å². The summed E-state index contributed by atoms with van der Waals surface area (Å²) < 4.78 is 0. The van der Waals surface area contributed by atoms with E-state index in [-0.39, 0.29) is 11.4 Å². The maximum Gasteiger partial charge on any atom is 0.221 e. The van der Waals surface area contributed by atoms with Crippen molar-refractivity contribution < 1.29 is 4.79 Å². The molecule has 0 aromatic heterocycles. The highest BCUT2D eigenvalue weighted by atomic mass is 35.5. The van der Waals surface area contributed by atoms with Gasteiger partial charge in [0.2, 0.25) is 5.91 Å². The van der Waals surface area contributed by atoms with Crippen LogP contribution in [0.15, 0.2) is 29.2 Å². The molecule has 0 atom stereocenters. The molecule has 0 spiro atoms. The minimum atomic E-state index is -0.151. The Morgan fingerprint density at radius 1 is 1.29 bits per heavy atom.